The van der Waals surface area contributed by atoms with E-state index in [1.54, 1.807) is 0 Å². The maximum absolute atomic E-state index is 10.3. The number of nitro groups is 1. The van der Waals surface area contributed by atoms with Crippen LogP contribution in [-0.2, 0) is 4.84 Å². The van der Waals surface area contributed by atoms with E-state index in [0.29, 0.717) is 5.76 Å². The van der Waals surface area contributed by atoms with Crippen molar-refractivity contribution in [3.05, 3.63) is 34.2 Å². The summed E-state index contributed by atoms with van der Waals surface area (Å²) in [6.45, 7) is 0. The third kappa shape index (κ3) is 2.24. The van der Waals surface area contributed by atoms with Crippen LogP contribution in [0.2, 0.25) is 0 Å². The quantitative estimate of drug-likeness (QED) is 0.597. The van der Waals surface area contributed by atoms with Crippen LogP contribution in [0.25, 0.3) is 6.08 Å². The minimum atomic E-state index is -0.613. The van der Waals surface area contributed by atoms with Crippen LogP contribution in [0.3, 0.4) is 0 Å². The van der Waals surface area contributed by atoms with Crippen LogP contribution in [0.15, 0.2) is 27.9 Å². The molecule has 1 aromatic heterocycles. The Morgan fingerprint density at radius 1 is 1.62 bits per heavy atom. The van der Waals surface area contributed by atoms with Crippen molar-refractivity contribution in [2.24, 2.45) is 10.8 Å². The SMILES string of the molecule is NC1C=NN(C=Cc2ccc([N+](=O)[O-])o2)O1. The van der Waals surface area contributed by atoms with Gasteiger partial charge in [-0.05, 0) is 6.07 Å². The third-order valence-corrected chi connectivity index (χ3v) is 1.72. The van der Waals surface area contributed by atoms with Crippen molar-refractivity contribution in [3.63, 3.8) is 0 Å². The molecule has 0 bridgehead atoms. The summed E-state index contributed by atoms with van der Waals surface area (Å²) in [5, 5.41) is 15.2. The lowest BCUT2D eigenvalue weighted by Gasteiger charge is -2.06. The lowest BCUT2D eigenvalue weighted by molar-refractivity contribution is -0.402. The molecule has 0 fully saturated rings. The number of furan rings is 1. The molecule has 0 aliphatic carbocycles. The number of nitrogens with zero attached hydrogens (tertiary/aromatic N) is 3. The molecule has 0 aromatic carbocycles. The molecular weight excluding hydrogens is 216 g/mol. The average Bonchev–Trinajstić information content (AvgIpc) is 2.83. The van der Waals surface area contributed by atoms with E-state index >= 15 is 0 Å². The molecule has 8 nitrogen and oxygen atoms in total. The van der Waals surface area contributed by atoms with Crippen LogP contribution in [0.4, 0.5) is 5.88 Å². The van der Waals surface area contributed by atoms with Gasteiger partial charge in [0.05, 0.1) is 18.5 Å². The highest BCUT2D eigenvalue weighted by Gasteiger charge is 2.12. The highest BCUT2D eigenvalue weighted by atomic mass is 16.7. The molecule has 0 saturated carbocycles. The summed E-state index contributed by atoms with van der Waals surface area (Å²) < 4.78 is 4.88. The van der Waals surface area contributed by atoms with Crippen LogP contribution in [0, 0.1) is 10.1 Å². The molecule has 0 saturated heterocycles. The highest BCUT2D eigenvalue weighted by Crippen LogP contribution is 2.17. The monoisotopic (exact) mass is 224 g/mol. The fourth-order valence-corrected chi connectivity index (χ4v) is 1.05. The standard InChI is InChI=1S/C8H8N4O4/c9-7-5-10-11(16-7)4-3-6-1-2-8(15-6)12(13)14/h1-5,7H,9H2. The zero-order valence-corrected chi connectivity index (χ0v) is 8.02. The van der Waals surface area contributed by atoms with E-state index < -0.39 is 11.2 Å². The van der Waals surface area contributed by atoms with E-state index in [9.17, 15) is 10.1 Å². The maximum atomic E-state index is 10.3. The van der Waals surface area contributed by atoms with Crippen LogP contribution < -0.4 is 5.73 Å². The van der Waals surface area contributed by atoms with E-state index in [0.717, 1.165) is 5.17 Å². The number of hydrogen-bond acceptors (Lipinski definition) is 7. The van der Waals surface area contributed by atoms with E-state index in [-0.39, 0.29) is 5.88 Å². The van der Waals surface area contributed by atoms with E-state index in [2.05, 4.69) is 5.10 Å². The van der Waals surface area contributed by atoms with Gasteiger partial charge in [-0.15, -0.1) is 5.17 Å². The molecule has 1 aromatic rings. The fraction of sp³-hybridized carbons (Fsp3) is 0.125. The zero-order chi connectivity index (χ0) is 11.5. The molecule has 84 valence electrons. The molecule has 2 N–H and O–H groups in total. The fourth-order valence-electron chi connectivity index (χ4n) is 1.05. The van der Waals surface area contributed by atoms with Crippen molar-refractivity contribution in [3.8, 4) is 0 Å². The topological polar surface area (TPSA) is 107 Å². The van der Waals surface area contributed by atoms with Gasteiger partial charge in [0.15, 0.2) is 6.23 Å². The van der Waals surface area contributed by atoms with Gasteiger partial charge in [0.1, 0.15) is 10.7 Å². The van der Waals surface area contributed by atoms with Gasteiger partial charge in [-0.1, -0.05) is 0 Å². The molecule has 0 radical (unpaired) electrons. The van der Waals surface area contributed by atoms with Gasteiger partial charge in [-0.25, -0.2) is 4.84 Å². The number of nitrogens with two attached hydrogens (primary N) is 1. The molecule has 1 aliphatic heterocycles. The molecule has 2 rings (SSSR count). The van der Waals surface area contributed by atoms with Crippen molar-refractivity contribution < 1.29 is 14.2 Å². The second kappa shape index (κ2) is 4.13. The number of hydroxylamine groups is 1. The van der Waals surface area contributed by atoms with Crippen LogP contribution in [0.1, 0.15) is 5.76 Å². The van der Waals surface area contributed by atoms with Crippen molar-refractivity contribution in [2.45, 2.75) is 6.23 Å². The first kappa shape index (κ1) is 10.3. The first-order valence-electron chi connectivity index (χ1n) is 4.33. The second-order valence-electron chi connectivity index (χ2n) is 2.89. The van der Waals surface area contributed by atoms with Gasteiger partial charge in [-0.2, -0.15) is 5.10 Å². The molecule has 0 spiro atoms. The van der Waals surface area contributed by atoms with Crippen LogP contribution in [-0.4, -0.2) is 22.5 Å². The highest BCUT2D eigenvalue weighted by molar-refractivity contribution is 5.63. The Labute approximate surface area is 89.7 Å². The Morgan fingerprint density at radius 3 is 3.00 bits per heavy atom. The molecular formula is C8H8N4O4. The Bertz CT molecular complexity index is 453. The number of hydrogen-bond donors (Lipinski definition) is 1. The van der Waals surface area contributed by atoms with Crippen molar-refractivity contribution in [1.29, 1.82) is 0 Å². The minimum Gasteiger partial charge on any atom is -0.401 e. The Hall–Kier alpha value is -2.19. The Balaban J connectivity index is 2.01. The Morgan fingerprint density at radius 2 is 2.44 bits per heavy atom. The van der Waals surface area contributed by atoms with Gasteiger partial charge in [0.2, 0.25) is 0 Å². The van der Waals surface area contributed by atoms with Crippen molar-refractivity contribution >= 4 is 18.2 Å². The average molecular weight is 224 g/mol. The summed E-state index contributed by atoms with van der Waals surface area (Å²) in [5.41, 5.74) is 5.38. The lowest BCUT2D eigenvalue weighted by atomic mass is 10.4. The van der Waals surface area contributed by atoms with Gasteiger partial charge in [0.25, 0.3) is 0 Å². The molecule has 16 heavy (non-hydrogen) atoms. The van der Waals surface area contributed by atoms with E-state index in [1.165, 1.54) is 30.6 Å². The van der Waals surface area contributed by atoms with Crippen molar-refractivity contribution in [2.75, 3.05) is 0 Å². The number of rotatable bonds is 3. The Kier molecular flexibility index (Phi) is 2.66. The summed E-state index contributed by atoms with van der Waals surface area (Å²) in [4.78, 5) is 14.7. The summed E-state index contributed by atoms with van der Waals surface area (Å²) in [6.07, 6.45) is 3.75. The first-order valence-corrected chi connectivity index (χ1v) is 4.33. The normalized spacial score (nSPS) is 19.8. The van der Waals surface area contributed by atoms with Crippen LogP contribution >= 0.6 is 0 Å². The lowest BCUT2D eigenvalue weighted by Crippen LogP contribution is -2.23. The maximum Gasteiger partial charge on any atom is 0.433 e. The smallest absolute Gasteiger partial charge is 0.401 e. The first-order chi connectivity index (χ1) is 7.65. The van der Waals surface area contributed by atoms with E-state index in [1.807, 2.05) is 0 Å². The summed E-state index contributed by atoms with van der Waals surface area (Å²) in [5.74, 6) is 0.00756. The molecule has 8 heteroatoms. The molecule has 1 atom stereocenters. The predicted molar refractivity (Wildman–Crippen MR) is 53.8 cm³/mol. The van der Waals surface area contributed by atoms with Gasteiger partial charge in [0, 0.05) is 6.08 Å². The molecule has 0 amide bonds. The third-order valence-electron chi connectivity index (χ3n) is 1.72. The van der Waals surface area contributed by atoms with Crippen molar-refractivity contribution in [1.82, 2.24) is 5.17 Å². The molecule has 2 heterocycles. The number of hydrazone groups is 1. The van der Waals surface area contributed by atoms with Gasteiger partial charge in [-0.3, -0.25) is 15.8 Å². The van der Waals surface area contributed by atoms with Crippen LogP contribution in [0.5, 0.6) is 0 Å². The van der Waals surface area contributed by atoms with Gasteiger partial charge < -0.3 is 4.42 Å². The van der Waals surface area contributed by atoms with E-state index in [4.69, 9.17) is 15.0 Å². The zero-order valence-electron chi connectivity index (χ0n) is 8.02. The largest absolute Gasteiger partial charge is 0.433 e. The summed E-state index contributed by atoms with van der Waals surface area (Å²) in [7, 11) is 0. The second-order valence-corrected chi connectivity index (χ2v) is 2.89. The predicted octanol–water partition coefficient (Wildman–Crippen LogP) is 0.676. The molecule has 1 aliphatic rings. The summed E-state index contributed by atoms with van der Waals surface area (Å²) in [6, 6.07) is 2.73. The minimum absolute atomic E-state index is 0.317. The molecule has 1 unspecified atom stereocenters. The van der Waals surface area contributed by atoms with Gasteiger partial charge >= 0.3 is 5.88 Å². The summed E-state index contributed by atoms with van der Waals surface area (Å²) >= 11 is 0.